The molecule has 0 aliphatic carbocycles. The van der Waals surface area contributed by atoms with Gasteiger partial charge in [0, 0.05) is 18.4 Å². The van der Waals surface area contributed by atoms with Crippen molar-refractivity contribution in [1.82, 2.24) is 15.8 Å². The van der Waals surface area contributed by atoms with E-state index in [1.165, 1.54) is 0 Å². The lowest BCUT2D eigenvalue weighted by Gasteiger charge is -2.04. The molecular formula is C8H11N3O2. The van der Waals surface area contributed by atoms with Crippen LogP contribution in [0.2, 0.25) is 0 Å². The standard InChI is InChI=1S/C8H11N3O2/c12-8(13)7-3-6(10-11-7)5-1-2-9-4-5/h1-2,4,6-7,9-11H,3H2,(H,12,13). The maximum Gasteiger partial charge on any atom is 0.322 e. The van der Waals surface area contributed by atoms with Gasteiger partial charge in [-0.1, -0.05) is 0 Å². The van der Waals surface area contributed by atoms with E-state index in [0.717, 1.165) is 5.56 Å². The summed E-state index contributed by atoms with van der Waals surface area (Å²) in [7, 11) is 0. The Morgan fingerprint density at radius 3 is 2.92 bits per heavy atom. The molecule has 2 atom stereocenters. The van der Waals surface area contributed by atoms with Gasteiger partial charge in [-0.25, -0.2) is 10.9 Å². The molecule has 4 N–H and O–H groups in total. The minimum atomic E-state index is -0.814. The van der Waals surface area contributed by atoms with Gasteiger partial charge in [-0.2, -0.15) is 0 Å². The largest absolute Gasteiger partial charge is 0.480 e. The Morgan fingerprint density at radius 1 is 1.54 bits per heavy atom. The highest BCUT2D eigenvalue weighted by Crippen LogP contribution is 2.21. The average molecular weight is 181 g/mol. The molecule has 5 heteroatoms. The van der Waals surface area contributed by atoms with E-state index in [9.17, 15) is 4.79 Å². The van der Waals surface area contributed by atoms with Crippen LogP contribution in [0.15, 0.2) is 18.5 Å². The summed E-state index contributed by atoms with van der Waals surface area (Å²) in [4.78, 5) is 13.5. The number of H-pyrrole nitrogens is 1. The predicted octanol–water partition coefficient (Wildman–Crippen LogP) is 0.00690. The number of aromatic amines is 1. The van der Waals surface area contributed by atoms with Crippen molar-refractivity contribution in [3.05, 3.63) is 24.0 Å². The van der Waals surface area contributed by atoms with Crippen LogP contribution in [0.1, 0.15) is 18.0 Å². The number of aliphatic carboxylic acids is 1. The number of carboxylic acid groups (broad SMARTS) is 1. The molecule has 0 amide bonds. The Morgan fingerprint density at radius 2 is 2.38 bits per heavy atom. The second-order valence-electron chi connectivity index (χ2n) is 3.11. The number of hydrogen-bond acceptors (Lipinski definition) is 3. The Kier molecular flexibility index (Phi) is 2.03. The van der Waals surface area contributed by atoms with Gasteiger partial charge in [-0.05, 0) is 18.1 Å². The molecule has 0 saturated carbocycles. The number of hydrazine groups is 1. The summed E-state index contributed by atoms with van der Waals surface area (Å²) < 4.78 is 0. The molecule has 1 fully saturated rings. The quantitative estimate of drug-likeness (QED) is 0.518. The fourth-order valence-electron chi connectivity index (χ4n) is 1.49. The highest BCUT2D eigenvalue weighted by atomic mass is 16.4. The van der Waals surface area contributed by atoms with Gasteiger partial charge in [0.15, 0.2) is 0 Å². The molecule has 5 nitrogen and oxygen atoms in total. The van der Waals surface area contributed by atoms with Gasteiger partial charge >= 0.3 is 5.97 Å². The summed E-state index contributed by atoms with van der Waals surface area (Å²) in [5.41, 5.74) is 6.75. The van der Waals surface area contributed by atoms with Gasteiger partial charge in [0.1, 0.15) is 6.04 Å². The molecule has 0 bridgehead atoms. The summed E-state index contributed by atoms with van der Waals surface area (Å²) in [6, 6.07) is 1.54. The van der Waals surface area contributed by atoms with E-state index >= 15 is 0 Å². The minimum Gasteiger partial charge on any atom is -0.480 e. The molecule has 2 rings (SSSR count). The maximum absolute atomic E-state index is 10.6. The van der Waals surface area contributed by atoms with Crippen molar-refractivity contribution in [2.45, 2.75) is 18.5 Å². The first-order valence-corrected chi connectivity index (χ1v) is 4.14. The minimum absolute atomic E-state index is 0.0901. The average Bonchev–Trinajstić information content (AvgIpc) is 2.75. The highest BCUT2D eigenvalue weighted by Gasteiger charge is 2.29. The van der Waals surface area contributed by atoms with Crippen molar-refractivity contribution in [3.8, 4) is 0 Å². The van der Waals surface area contributed by atoms with Crippen molar-refractivity contribution in [1.29, 1.82) is 0 Å². The van der Waals surface area contributed by atoms with Crippen LogP contribution in [0.25, 0.3) is 0 Å². The number of rotatable bonds is 2. The second-order valence-corrected chi connectivity index (χ2v) is 3.11. The molecule has 1 aliphatic rings. The lowest BCUT2D eigenvalue weighted by atomic mass is 10.1. The normalized spacial score (nSPS) is 27.7. The van der Waals surface area contributed by atoms with Crippen molar-refractivity contribution < 1.29 is 9.90 Å². The number of nitrogens with one attached hydrogen (secondary N) is 3. The SMILES string of the molecule is O=C(O)C1CC(c2cc[nH]c2)NN1. The fraction of sp³-hybridized carbons (Fsp3) is 0.375. The zero-order chi connectivity index (χ0) is 9.26. The molecule has 0 radical (unpaired) electrons. The van der Waals surface area contributed by atoms with E-state index in [0.29, 0.717) is 6.42 Å². The van der Waals surface area contributed by atoms with Crippen LogP contribution >= 0.6 is 0 Å². The Bertz CT molecular complexity index is 296. The molecule has 2 heterocycles. The van der Waals surface area contributed by atoms with E-state index < -0.39 is 12.0 Å². The second kappa shape index (κ2) is 3.20. The monoisotopic (exact) mass is 181 g/mol. The molecule has 0 spiro atoms. The van der Waals surface area contributed by atoms with Gasteiger partial charge in [-0.15, -0.1) is 0 Å². The van der Waals surface area contributed by atoms with Crippen LogP contribution in [-0.4, -0.2) is 22.1 Å². The zero-order valence-corrected chi connectivity index (χ0v) is 6.95. The smallest absolute Gasteiger partial charge is 0.322 e. The summed E-state index contributed by atoms with van der Waals surface area (Å²) >= 11 is 0. The van der Waals surface area contributed by atoms with Gasteiger partial charge in [0.2, 0.25) is 0 Å². The van der Waals surface area contributed by atoms with Crippen LogP contribution in [-0.2, 0) is 4.79 Å². The first-order valence-electron chi connectivity index (χ1n) is 4.14. The van der Waals surface area contributed by atoms with Gasteiger partial charge in [-0.3, -0.25) is 4.79 Å². The van der Waals surface area contributed by atoms with Crippen molar-refractivity contribution in [2.24, 2.45) is 0 Å². The molecule has 70 valence electrons. The Balaban J connectivity index is 2.03. The lowest BCUT2D eigenvalue weighted by molar-refractivity contribution is -0.139. The highest BCUT2D eigenvalue weighted by molar-refractivity contribution is 5.73. The van der Waals surface area contributed by atoms with E-state index in [-0.39, 0.29) is 6.04 Å². The molecule has 1 aromatic rings. The summed E-state index contributed by atoms with van der Waals surface area (Å²) in [6.07, 6.45) is 4.27. The lowest BCUT2D eigenvalue weighted by Crippen LogP contribution is -2.36. The van der Waals surface area contributed by atoms with E-state index in [2.05, 4.69) is 15.8 Å². The topological polar surface area (TPSA) is 77.1 Å². The van der Waals surface area contributed by atoms with E-state index in [4.69, 9.17) is 5.11 Å². The van der Waals surface area contributed by atoms with Gasteiger partial charge < -0.3 is 10.1 Å². The summed E-state index contributed by atoms with van der Waals surface area (Å²) in [5, 5.41) is 8.72. The Hall–Kier alpha value is -1.33. The third-order valence-corrected chi connectivity index (χ3v) is 2.23. The van der Waals surface area contributed by atoms with Crippen molar-refractivity contribution >= 4 is 5.97 Å². The molecule has 13 heavy (non-hydrogen) atoms. The van der Waals surface area contributed by atoms with Crippen LogP contribution in [0, 0.1) is 0 Å². The predicted molar refractivity (Wildman–Crippen MR) is 45.8 cm³/mol. The Labute approximate surface area is 75.1 Å². The maximum atomic E-state index is 10.6. The number of aromatic nitrogens is 1. The van der Waals surface area contributed by atoms with Gasteiger partial charge in [0.25, 0.3) is 0 Å². The molecule has 0 aromatic carbocycles. The molecular weight excluding hydrogens is 170 g/mol. The third-order valence-electron chi connectivity index (χ3n) is 2.23. The third kappa shape index (κ3) is 1.56. The first kappa shape index (κ1) is 8.28. The summed E-state index contributed by atoms with van der Waals surface area (Å²) in [6.45, 7) is 0. The molecule has 1 aliphatic heterocycles. The van der Waals surface area contributed by atoms with Crippen molar-refractivity contribution in [3.63, 3.8) is 0 Å². The first-order chi connectivity index (χ1) is 6.27. The molecule has 1 saturated heterocycles. The number of carbonyl (C=O) groups is 1. The zero-order valence-electron chi connectivity index (χ0n) is 6.95. The van der Waals surface area contributed by atoms with Crippen LogP contribution in [0.3, 0.4) is 0 Å². The molecule has 1 aromatic heterocycles. The van der Waals surface area contributed by atoms with Crippen LogP contribution in [0.5, 0.6) is 0 Å². The molecule has 2 unspecified atom stereocenters. The number of carboxylic acids is 1. The fourth-order valence-corrected chi connectivity index (χ4v) is 1.49. The van der Waals surface area contributed by atoms with Crippen LogP contribution in [0.4, 0.5) is 0 Å². The van der Waals surface area contributed by atoms with E-state index in [1.807, 2.05) is 18.5 Å². The number of hydrogen-bond donors (Lipinski definition) is 4. The van der Waals surface area contributed by atoms with Crippen molar-refractivity contribution in [2.75, 3.05) is 0 Å². The summed E-state index contributed by atoms with van der Waals surface area (Å²) in [5.74, 6) is -0.814. The van der Waals surface area contributed by atoms with E-state index in [1.54, 1.807) is 0 Å². The van der Waals surface area contributed by atoms with Crippen LogP contribution < -0.4 is 10.9 Å². The van der Waals surface area contributed by atoms with Gasteiger partial charge in [0.05, 0.1) is 0 Å².